The third-order valence-corrected chi connectivity index (χ3v) is 0.940. The first-order chi connectivity index (χ1) is 4.93. The van der Waals surface area contributed by atoms with Crippen LogP contribution in [-0.2, 0) is 0 Å². The third kappa shape index (κ3) is 3.33. The number of alkyl halides is 1. The van der Waals surface area contributed by atoms with Crippen LogP contribution >= 0.6 is 11.6 Å². The third-order valence-electron chi connectivity index (χ3n) is 0.940. The molecule has 0 saturated carbocycles. The molecule has 1 rings (SSSR count). The Hall–Kier alpha value is -0.730. The summed E-state index contributed by atoms with van der Waals surface area (Å²) in [5, 5.41) is 0. The van der Waals surface area contributed by atoms with Gasteiger partial charge in [0.2, 0.25) is 0 Å². The Labute approximate surface area is 66.0 Å². The summed E-state index contributed by atoms with van der Waals surface area (Å²) < 4.78 is 0. The molecule has 3 N–H and O–H groups in total. The lowest BCUT2D eigenvalue weighted by Crippen LogP contribution is -2.05. The Morgan fingerprint density at radius 2 is 1.70 bits per heavy atom. The molecule has 0 atom stereocenters. The fourth-order valence-electron chi connectivity index (χ4n) is 0.534. The van der Waals surface area contributed by atoms with Crippen LogP contribution in [0.4, 0.5) is 5.69 Å². The fraction of sp³-hybridized carbons (Fsp3) is 0.143. The molecule has 0 saturated heterocycles. The molecule has 10 heavy (non-hydrogen) atoms. The van der Waals surface area contributed by atoms with Crippen molar-refractivity contribution in [3.05, 3.63) is 30.3 Å². The quantitative estimate of drug-likeness (QED) is 0.372. The number of hydrazine groups is 1. The molecule has 0 aliphatic rings. The molecule has 1 aromatic carbocycles. The highest BCUT2D eigenvalue weighted by atomic mass is 35.5. The van der Waals surface area contributed by atoms with Crippen LogP contribution in [0.3, 0.4) is 0 Å². The van der Waals surface area contributed by atoms with E-state index in [1.54, 1.807) is 0 Å². The van der Waals surface area contributed by atoms with Crippen molar-refractivity contribution in [2.24, 2.45) is 5.84 Å². The number of halogens is 1. The second kappa shape index (κ2) is 6.39. The van der Waals surface area contributed by atoms with E-state index in [0.717, 1.165) is 5.69 Å². The predicted molar refractivity (Wildman–Crippen MR) is 46.0 cm³/mol. The first-order valence-electron chi connectivity index (χ1n) is 2.83. The molecule has 2 nitrogen and oxygen atoms in total. The lowest BCUT2D eigenvalue weighted by molar-refractivity contribution is 1.35. The first kappa shape index (κ1) is 9.27. The number of rotatable bonds is 1. The van der Waals surface area contributed by atoms with Crippen LogP contribution in [0.1, 0.15) is 0 Å². The maximum atomic E-state index is 5.10. The summed E-state index contributed by atoms with van der Waals surface area (Å²) in [6.07, 6.45) is 1.47. The van der Waals surface area contributed by atoms with Crippen molar-refractivity contribution in [1.82, 2.24) is 0 Å². The minimum absolute atomic E-state index is 0.938. The number of nitrogens with one attached hydrogen (secondary N) is 1. The van der Waals surface area contributed by atoms with Gasteiger partial charge in [0.15, 0.2) is 0 Å². The smallest absolute Gasteiger partial charge is 0.0485 e. The van der Waals surface area contributed by atoms with Crippen molar-refractivity contribution in [3.8, 4) is 0 Å². The van der Waals surface area contributed by atoms with E-state index in [1.807, 2.05) is 30.3 Å². The lowest BCUT2D eigenvalue weighted by atomic mass is 10.3. The van der Waals surface area contributed by atoms with E-state index in [0.29, 0.717) is 0 Å². The summed E-state index contributed by atoms with van der Waals surface area (Å²) in [4.78, 5) is 0. The van der Waals surface area contributed by atoms with Crippen molar-refractivity contribution in [2.45, 2.75) is 0 Å². The van der Waals surface area contributed by atoms with Gasteiger partial charge in [0.05, 0.1) is 0 Å². The van der Waals surface area contributed by atoms with Gasteiger partial charge in [0.1, 0.15) is 0 Å². The Kier molecular flexibility index (Phi) is 5.92. The van der Waals surface area contributed by atoms with Gasteiger partial charge in [-0.2, -0.15) is 0 Å². The Bertz CT molecular complexity index is 153. The summed E-state index contributed by atoms with van der Waals surface area (Å²) in [7, 11) is 0. The van der Waals surface area contributed by atoms with E-state index in [1.165, 1.54) is 6.38 Å². The summed E-state index contributed by atoms with van der Waals surface area (Å²) in [5.74, 6) is 5.10. The molecule has 0 aromatic heterocycles. The van der Waals surface area contributed by atoms with Crippen molar-refractivity contribution < 1.29 is 0 Å². The minimum atomic E-state index is 0.938. The fourth-order valence-corrected chi connectivity index (χ4v) is 0.534. The molecule has 0 heterocycles. The number of nitrogens with two attached hydrogens (primary N) is 1. The van der Waals surface area contributed by atoms with Crippen LogP contribution in [0.25, 0.3) is 0 Å². The highest BCUT2D eigenvalue weighted by molar-refractivity contribution is 6.15. The second-order valence-corrected chi connectivity index (χ2v) is 1.51. The number of hydrogen-bond acceptors (Lipinski definition) is 2. The topological polar surface area (TPSA) is 38.0 Å². The van der Waals surface area contributed by atoms with Crippen LogP contribution in [0.15, 0.2) is 30.3 Å². The molecule has 0 aliphatic carbocycles. The number of anilines is 1. The minimum Gasteiger partial charge on any atom is -0.324 e. The Balaban J connectivity index is 0.000000371. The monoisotopic (exact) mass is 158 g/mol. The zero-order valence-corrected chi connectivity index (χ0v) is 6.60. The SMILES string of the molecule is CCl.NNc1ccccc1. The zero-order chi connectivity index (χ0) is 7.82. The van der Waals surface area contributed by atoms with Crippen LogP contribution in [0.5, 0.6) is 0 Å². The van der Waals surface area contributed by atoms with Crippen LogP contribution in [-0.4, -0.2) is 6.38 Å². The number of benzene rings is 1. The first-order valence-corrected chi connectivity index (χ1v) is 3.58. The number of hydrogen-bond donors (Lipinski definition) is 2. The summed E-state index contributed by atoms with van der Waals surface area (Å²) in [6, 6.07) is 9.60. The maximum absolute atomic E-state index is 5.10. The zero-order valence-electron chi connectivity index (χ0n) is 5.84. The van der Waals surface area contributed by atoms with E-state index in [-0.39, 0.29) is 0 Å². The molecular weight excluding hydrogens is 148 g/mol. The van der Waals surface area contributed by atoms with Gasteiger partial charge >= 0.3 is 0 Å². The van der Waals surface area contributed by atoms with Gasteiger partial charge in [-0.1, -0.05) is 18.2 Å². The van der Waals surface area contributed by atoms with Gasteiger partial charge in [-0.15, -0.1) is 11.6 Å². The largest absolute Gasteiger partial charge is 0.324 e. The molecule has 56 valence electrons. The maximum Gasteiger partial charge on any atom is 0.0485 e. The van der Waals surface area contributed by atoms with Crippen molar-refractivity contribution >= 4 is 17.3 Å². The highest BCUT2D eigenvalue weighted by Crippen LogP contribution is 2.00. The Morgan fingerprint density at radius 3 is 2.00 bits per heavy atom. The molecule has 3 heteroatoms. The van der Waals surface area contributed by atoms with Gasteiger partial charge < -0.3 is 5.43 Å². The van der Waals surface area contributed by atoms with Crippen LogP contribution in [0.2, 0.25) is 0 Å². The van der Waals surface area contributed by atoms with E-state index in [4.69, 9.17) is 5.84 Å². The van der Waals surface area contributed by atoms with Gasteiger partial charge in [-0.05, 0) is 12.1 Å². The van der Waals surface area contributed by atoms with Crippen molar-refractivity contribution in [1.29, 1.82) is 0 Å². The molecular formula is C7H11ClN2. The molecule has 0 bridgehead atoms. The van der Waals surface area contributed by atoms with E-state index in [9.17, 15) is 0 Å². The van der Waals surface area contributed by atoms with Crippen molar-refractivity contribution in [3.63, 3.8) is 0 Å². The van der Waals surface area contributed by atoms with E-state index in [2.05, 4.69) is 17.0 Å². The van der Waals surface area contributed by atoms with Gasteiger partial charge in [0.25, 0.3) is 0 Å². The normalized spacial score (nSPS) is 7.50. The number of para-hydroxylation sites is 1. The van der Waals surface area contributed by atoms with E-state index < -0.39 is 0 Å². The molecule has 1 aromatic rings. The highest BCUT2D eigenvalue weighted by Gasteiger charge is 1.78. The molecule has 0 amide bonds. The second-order valence-electron chi connectivity index (χ2n) is 1.51. The molecule has 0 aliphatic heterocycles. The predicted octanol–water partition coefficient (Wildman–Crippen LogP) is 1.83. The average molecular weight is 159 g/mol. The van der Waals surface area contributed by atoms with Crippen LogP contribution < -0.4 is 11.3 Å². The lowest BCUT2D eigenvalue weighted by Gasteiger charge is -1.94. The summed E-state index contributed by atoms with van der Waals surface area (Å²) in [6.45, 7) is 0. The van der Waals surface area contributed by atoms with Crippen LogP contribution in [0, 0.1) is 0 Å². The molecule has 0 spiro atoms. The summed E-state index contributed by atoms with van der Waals surface area (Å²) >= 11 is 4.64. The summed E-state index contributed by atoms with van der Waals surface area (Å²) in [5.41, 5.74) is 3.46. The molecule has 0 unspecified atom stereocenters. The van der Waals surface area contributed by atoms with Crippen molar-refractivity contribution in [2.75, 3.05) is 11.8 Å². The standard InChI is InChI=1S/C6H8N2.CH3Cl/c7-8-6-4-2-1-3-5-6;1-2/h1-5,8H,7H2;1H3. The van der Waals surface area contributed by atoms with Gasteiger partial charge in [-0.3, -0.25) is 5.84 Å². The van der Waals surface area contributed by atoms with E-state index >= 15 is 0 Å². The molecule has 0 radical (unpaired) electrons. The average Bonchev–Trinajstić information content (AvgIpc) is 2.10. The number of nitrogen functional groups attached to an aromatic ring is 1. The van der Waals surface area contributed by atoms with Gasteiger partial charge in [-0.25, -0.2) is 0 Å². The Morgan fingerprint density at radius 1 is 1.20 bits per heavy atom. The molecule has 0 fully saturated rings. The van der Waals surface area contributed by atoms with Gasteiger partial charge in [0, 0.05) is 12.1 Å².